The molecular weight excluding hydrogens is 396 g/mol. The Kier molecular flexibility index (Phi) is 5.16. The molecule has 0 saturated carbocycles. The van der Waals surface area contributed by atoms with E-state index in [1.165, 1.54) is 16.9 Å². The number of hydrogen-bond donors (Lipinski definition) is 1. The minimum atomic E-state index is -0.174. The molecule has 0 aliphatic carbocycles. The number of rotatable bonds is 4. The molecule has 4 heterocycles. The number of pyridine rings is 2. The summed E-state index contributed by atoms with van der Waals surface area (Å²) in [5.41, 5.74) is 3.19. The normalized spacial score (nSPS) is 17.4. The molecular formula is C23H22N4O2S. The number of nitrogens with one attached hydrogen (secondary N) is 1. The van der Waals surface area contributed by atoms with Gasteiger partial charge in [-0.1, -0.05) is 30.3 Å². The first-order valence-electron chi connectivity index (χ1n) is 10.0. The molecule has 6 nitrogen and oxygen atoms in total. The van der Waals surface area contributed by atoms with Gasteiger partial charge in [0, 0.05) is 55.4 Å². The molecule has 1 fully saturated rings. The van der Waals surface area contributed by atoms with Gasteiger partial charge < -0.3 is 10.1 Å². The first-order chi connectivity index (χ1) is 14.7. The van der Waals surface area contributed by atoms with Gasteiger partial charge in [-0.25, -0.2) is 4.98 Å². The zero-order chi connectivity index (χ0) is 20.5. The van der Waals surface area contributed by atoms with Gasteiger partial charge in [0.25, 0.3) is 5.91 Å². The molecule has 1 unspecified atom stereocenters. The Morgan fingerprint density at radius 1 is 1.20 bits per heavy atom. The Hall–Kier alpha value is -2.87. The number of amides is 1. The number of carbonyl (C=O) groups excluding carboxylic acids is 1. The Labute approximate surface area is 178 Å². The van der Waals surface area contributed by atoms with Crippen LogP contribution in [-0.4, -0.2) is 47.5 Å². The van der Waals surface area contributed by atoms with E-state index in [1.54, 1.807) is 13.2 Å². The Morgan fingerprint density at radius 2 is 2.03 bits per heavy atom. The summed E-state index contributed by atoms with van der Waals surface area (Å²) in [4.78, 5) is 25.5. The largest absolute Gasteiger partial charge is 0.371 e. The van der Waals surface area contributed by atoms with Crippen LogP contribution in [0.25, 0.3) is 21.1 Å². The summed E-state index contributed by atoms with van der Waals surface area (Å²) in [5.74, 6) is -0.0908. The van der Waals surface area contributed by atoms with Gasteiger partial charge >= 0.3 is 0 Å². The van der Waals surface area contributed by atoms with E-state index in [0.717, 1.165) is 39.8 Å². The third-order valence-corrected chi connectivity index (χ3v) is 6.65. The lowest BCUT2D eigenvalue weighted by molar-refractivity contribution is -0.0322. The number of morpholine rings is 1. The van der Waals surface area contributed by atoms with Gasteiger partial charge in [0.1, 0.15) is 9.71 Å². The summed E-state index contributed by atoms with van der Waals surface area (Å²) in [5, 5.41) is 4.91. The van der Waals surface area contributed by atoms with Crippen LogP contribution in [0.5, 0.6) is 0 Å². The molecule has 1 saturated heterocycles. The lowest BCUT2D eigenvalue weighted by atomic mass is 10.0. The van der Waals surface area contributed by atoms with Crippen LogP contribution in [0.2, 0.25) is 0 Å². The van der Waals surface area contributed by atoms with Crippen molar-refractivity contribution < 1.29 is 9.53 Å². The number of aromatic nitrogens is 2. The molecule has 0 bridgehead atoms. The van der Waals surface area contributed by atoms with Gasteiger partial charge in [0.05, 0.1) is 18.2 Å². The van der Waals surface area contributed by atoms with Crippen LogP contribution in [0.3, 0.4) is 0 Å². The van der Waals surface area contributed by atoms with Crippen molar-refractivity contribution in [3.63, 3.8) is 0 Å². The van der Waals surface area contributed by atoms with Crippen LogP contribution in [0.15, 0.2) is 54.9 Å². The average Bonchev–Trinajstić information content (AvgIpc) is 3.19. The van der Waals surface area contributed by atoms with Crippen LogP contribution in [0, 0.1) is 0 Å². The Balaban J connectivity index is 1.47. The number of ether oxygens (including phenoxy) is 1. The third-order valence-electron chi connectivity index (χ3n) is 5.52. The number of benzene rings is 1. The SMILES string of the molecule is CNC(=O)c1sc2ncccc2c1C1CN(Cc2cccc3cccnc23)CCO1. The zero-order valence-electron chi connectivity index (χ0n) is 16.7. The number of thiophene rings is 1. The molecule has 7 heteroatoms. The maximum Gasteiger partial charge on any atom is 0.261 e. The van der Waals surface area contributed by atoms with Crippen LogP contribution in [0.4, 0.5) is 0 Å². The second-order valence-corrected chi connectivity index (χ2v) is 8.37. The molecule has 30 heavy (non-hydrogen) atoms. The van der Waals surface area contributed by atoms with Crippen LogP contribution in [-0.2, 0) is 11.3 Å². The topological polar surface area (TPSA) is 67.4 Å². The molecule has 0 radical (unpaired) electrons. The number of fused-ring (bicyclic) bond motifs is 2. The molecule has 4 aromatic rings. The molecule has 5 rings (SSSR count). The van der Waals surface area contributed by atoms with Gasteiger partial charge in [-0.15, -0.1) is 11.3 Å². The molecule has 1 N–H and O–H groups in total. The molecule has 1 aromatic carbocycles. The average molecular weight is 419 g/mol. The fourth-order valence-electron chi connectivity index (χ4n) is 4.11. The summed E-state index contributed by atoms with van der Waals surface area (Å²) in [7, 11) is 1.66. The van der Waals surface area contributed by atoms with E-state index in [0.29, 0.717) is 18.0 Å². The maximum atomic E-state index is 12.6. The van der Waals surface area contributed by atoms with Crippen LogP contribution < -0.4 is 5.32 Å². The second kappa shape index (κ2) is 8.10. The van der Waals surface area contributed by atoms with Crippen molar-refractivity contribution >= 4 is 38.4 Å². The second-order valence-electron chi connectivity index (χ2n) is 7.37. The minimum absolute atomic E-state index is 0.0908. The summed E-state index contributed by atoms with van der Waals surface area (Å²) in [6.45, 7) is 2.97. The van der Waals surface area contributed by atoms with Gasteiger partial charge in [0.15, 0.2) is 0 Å². The summed E-state index contributed by atoms with van der Waals surface area (Å²) in [6, 6.07) is 14.3. The molecule has 3 aromatic heterocycles. The molecule has 1 aliphatic heterocycles. The lowest BCUT2D eigenvalue weighted by Gasteiger charge is -2.33. The van der Waals surface area contributed by atoms with Crippen molar-refractivity contribution in [2.45, 2.75) is 12.6 Å². The van der Waals surface area contributed by atoms with E-state index in [9.17, 15) is 4.79 Å². The van der Waals surface area contributed by atoms with Gasteiger partial charge in [-0.3, -0.25) is 14.7 Å². The number of carbonyl (C=O) groups is 1. The van der Waals surface area contributed by atoms with E-state index >= 15 is 0 Å². The van der Waals surface area contributed by atoms with Gasteiger partial charge in [-0.05, 0) is 17.7 Å². The van der Waals surface area contributed by atoms with Crippen LogP contribution in [0.1, 0.15) is 26.9 Å². The molecule has 0 spiro atoms. The fourth-order valence-corrected chi connectivity index (χ4v) is 5.25. The summed E-state index contributed by atoms with van der Waals surface area (Å²) >= 11 is 1.43. The third kappa shape index (κ3) is 3.45. The number of nitrogens with zero attached hydrogens (tertiary/aromatic N) is 3. The van der Waals surface area contributed by atoms with E-state index in [-0.39, 0.29) is 12.0 Å². The van der Waals surface area contributed by atoms with E-state index in [2.05, 4.69) is 44.5 Å². The molecule has 1 aliphatic rings. The molecule has 1 atom stereocenters. The van der Waals surface area contributed by atoms with E-state index in [1.807, 2.05) is 24.4 Å². The lowest BCUT2D eigenvalue weighted by Crippen LogP contribution is -2.38. The highest BCUT2D eigenvalue weighted by Crippen LogP contribution is 2.37. The fraction of sp³-hybridized carbons (Fsp3) is 0.261. The van der Waals surface area contributed by atoms with E-state index in [4.69, 9.17) is 4.74 Å². The van der Waals surface area contributed by atoms with Crippen molar-refractivity contribution in [1.29, 1.82) is 0 Å². The molecule has 152 valence electrons. The van der Waals surface area contributed by atoms with Gasteiger partial charge in [-0.2, -0.15) is 0 Å². The Bertz CT molecular complexity index is 1220. The van der Waals surface area contributed by atoms with Crippen LogP contribution >= 0.6 is 11.3 Å². The van der Waals surface area contributed by atoms with Gasteiger partial charge in [0.2, 0.25) is 0 Å². The zero-order valence-corrected chi connectivity index (χ0v) is 17.5. The highest BCUT2D eigenvalue weighted by Gasteiger charge is 2.30. The van der Waals surface area contributed by atoms with Crippen molar-refractivity contribution in [2.75, 3.05) is 26.7 Å². The monoisotopic (exact) mass is 418 g/mol. The van der Waals surface area contributed by atoms with Crippen molar-refractivity contribution in [3.8, 4) is 0 Å². The van der Waals surface area contributed by atoms with Crippen molar-refractivity contribution in [2.24, 2.45) is 0 Å². The summed E-state index contributed by atoms with van der Waals surface area (Å²) in [6.07, 6.45) is 3.43. The highest BCUT2D eigenvalue weighted by molar-refractivity contribution is 7.20. The summed E-state index contributed by atoms with van der Waals surface area (Å²) < 4.78 is 6.16. The minimum Gasteiger partial charge on any atom is -0.371 e. The smallest absolute Gasteiger partial charge is 0.261 e. The standard InChI is InChI=1S/C23H22N4O2S/c1-24-22(28)21-19(17-8-4-10-26-23(17)30-21)18-14-27(11-12-29-18)13-16-6-2-5-15-7-3-9-25-20(15)16/h2-10,18H,11-14H2,1H3,(H,24,28). The first-order valence-corrected chi connectivity index (χ1v) is 10.8. The maximum absolute atomic E-state index is 12.6. The van der Waals surface area contributed by atoms with Crippen molar-refractivity contribution in [3.05, 3.63) is 70.9 Å². The van der Waals surface area contributed by atoms with E-state index < -0.39 is 0 Å². The predicted octanol–water partition coefficient (Wildman–Crippen LogP) is 3.78. The quantitative estimate of drug-likeness (QED) is 0.546. The number of para-hydroxylation sites is 1. The Morgan fingerprint density at radius 3 is 2.93 bits per heavy atom. The highest BCUT2D eigenvalue weighted by atomic mass is 32.1. The first kappa shape index (κ1) is 19.1. The molecule has 1 amide bonds. The predicted molar refractivity (Wildman–Crippen MR) is 119 cm³/mol. The van der Waals surface area contributed by atoms with Crippen molar-refractivity contribution in [1.82, 2.24) is 20.2 Å². The number of hydrogen-bond acceptors (Lipinski definition) is 6.